The van der Waals surface area contributed by atoms with Gasteiger partial charge in [-0.2, -0.15) is 0 Å². The van der Waals surface area contributed by atoms with Crippen molar-refractivity contribution in [2.45, 2.75) is 0 Å². The minimum Gasteiger partial charge on any atom is -0.135 e. The minimum absolute atomic E-state index is 1.13. The van der Waals surface area contributed by atoms with Gasteiger partial charge in [-0.15, -0.1) is 22.7 Å². The first-order valence-corrected chi connectivity index (χ1v) is 14.2. The molecule has 0 N–H and O–H groups in total. The van der Waals surface area contributed by atoms with Crippen LogP contribution in [-0.4, -0.2) is 0 Å². The van der Waals surface area contributed by atoms with Gasteiger partial charge >= 0.3 is 0 Å². The Bertz CT molecular complexity index is 1890. The van der Waals surface area contributed by atoms with E-state index < -0.39 is 0 Å². The zero-order valence-electron chi connectivity index (χ0n) is 17.8. The Balaban J connectivity index is 1.40. The third kappa shape index (κ3) is 3.20. The fraction of sp³-hybridized carbons (Fsp3) is 0. The molecule has 0 atom stereocenters. The summed E-state index contributed by atoms with van der Waals surface area (Å²) < 4.78 is 6.27. The summed E-state index contributed by atoms with van der Waals surface area (Å²) in [5.74, 6) is 0. The molecule has 0 radical (unpaired) electrons. The molecule has 0 nitrogen and oxygen atoms in total. The molecule has 34 heavy (non-hydrogen) atoms. The highest BCUT2D eigenvalue weighted by Gasteiger charge is 2.16. The molecule has 0 spiro atoms. The molecule has 162 valence electrons. The van der Waals surface area contributed by atoms with E-state index in [1.807, 2.05) is 22.7 Å². The summed E-state index contributed by atoms with van der Waals surface area (Å²) >= 11 is 11.4. The van der Waals surface area contributed by atoms with Gasteiger partial charge in [-0.05, 0) is 74.2 Å². The lowest BCUT2D eigenvalue weighted by atomic mass is 10.0. The first kappa shape index (κ1) is 20.8. The Morgan fingerprint density at radius 2 is 1.12 bits per heavy atom. The number of thiophene rings is 2. The predicted octanol–water partition coefficient (Wildman–Crippen LogP) is 11.3. The van der Waals surface area contributed by atoms with Gasteiger partial charge in [0.05, 0.1) is 4.88 Å². The van der Waals surface area contributed by atoms with E-state index in [0.717, 1.165) is 4.47 Å². The molecule has 0 amide bonds. The standard InChI is InChI=1S/C30H16Br2S2/c31-25-9-4-6-19-20(25)7-3-8-22(19)30-29(32)24-16-18(12-14-28(24)34-30)17-11-13-27-23(15-17)21-5-1-2-10-26(21)33-27/h1-16H. The first-order valence-electron chi connectivity index (χ1n) is 11.0. The molecule has 0 aliphatic heterocycles. The third-order valence-corrected chi connectivity index (χ3v) is 10.6. The lowest BCUT2D eigenvalue weighted by Gasteiger charge is -2.07. The average Bonchev–Trinajstić information content (AvgIpc) is 3.41. The number of rotatable bonds is 2. The van der Waals surface area contributed by atoms with Crippen LogP contribution in [0.15, 0.2) is 106 Å². The summed E-state index contributed by atoms with van der Waals surface area (Å²) in [6, 6.07) is 35.4. The topological polar surface area (TPSA) is 0 Å². The van der Waals surface area contributed by atoms with Gasteiger partial charge in [-0.25, -0.2) is 0 Å². The molecule has 0 fully saturated rings. The van der Waals surface area contributed by atoms with E-state index in [2.05, 4.69) is 129 Å². The summed E-state index contributed by atoms with van der Waals surface area (Å²) in [6.45, 7) is 0. The first-order chi connectivity index (χ1) is 16.7. The second-order valence-corrected chi connectivity index (χ2v) is 12.2. The van der Waals surface area contributed by atoms with Gasteiger partial charge in [-0.1, -0.05) is 76.6 Å². The van der Waals surface area contributed by atoms with Crippen molar-refractivity contribution in [1.82, 2.24) is 0 Å². The smallest absolute Gasteiger partial charge is 0.0503 e. The van der Waals surface area contributed by atoms with Gasteiger partial charge in [-0.3, -0.25) is 0 Å². The van der Waals surface area contributed by atoms with Crippen molar-refractivity contribution in [2.24, 2.45) is 0 Å². The fourth-order valence-electron chi connectivity index (χ4n) is 4.80. The fourth-order valence-corrected chi connectivity index (χ4v) is 8.41. The maximum atomic E-state index is 3.97. The third-order valence-electron chi connectivity index (χ3n) is 6.45. The van der Waals surface area contributed by atoms with Crippen LogP contribution in [0.4, 0.5) is 0 Å². The molecule has 2 aromatic heterocycles. The van der Waals surface area contributed by atoms with Crippen LogP contribution >= 0.6 is 54.5 Å². The number of benzene rings is 5. The van der Waals surface area contributed by atoms with E-state index in [-0.39, 0.29) is 0 Å². The summed E-state index contributed by atoms with van der Waals surface area (Å²) in [4.78, 5) is 1.27. The molecule has 7 rings (SSSR count). The Labute approximate surface area is 221 Å². The van der Waals surface area contributed by atoms with Gasteiger partial charge in [0, 0.05) is 44.8 Å². The van der Waals surface area contributed by atoms with Gasteiger partial charge in [0.15, 0.2) is 0 Å². The van der Waals surface area contributed by atoms with Crippen LogP contribution in [0.5, 0.6) is 0 Å². The van der Waals surface area contributed by atoms with Crippen molar-refractivity contribution in [3.8, 4) is 21.6 Å². The van der Waals surface area contributed by atoms with Crippen LogP contribution in [0.2, 0.25) is 0 Å². The Kier molecular flexibility index (Phi) is 4.92. The van der Waals surface area contributed by atoms with Crippen molar-refractivity contribution in [1.29, 1.82) is 0 Å². The van der Waals surface area contributed by atoms with Crippen LogP contribution in [0, 0.1) is 0 Å². The lowest BCUT2D eigenvalue weighted by molar-refractivity contribution is 1.69. The molecule has 2 heterocycles. The number of fused-ring (bicyclic) bond motifs is 5. The second kappa shape index (κ2) is 8.03. The largest absolute Gasteiger partial charge is 0.135 e. The molecule has 0 unspecified atom stereocenters. The molecule has 0 saturated heterocycles. The summed E-state index contributed by atoms with van der Waals surface area (Å²) in [7, 11) is 0. The molecular weight excluding hydrogens is 584 g/mol. The Morgan fingerprint density at radius 1 is 0.471 bits per heavy atom. The minimum atomic E-state index is 1.13. The van der Waals surface area contributed by atoms with E-state index in [9.17, 15) is 0 Å². The highest BCUT2D eigenvalue weighted by Crippen LogP contribution is 2.46. The Hall–Kier alpha value is -2.50. The zero-order chi connectivity index (χ0) is 22.8. The van der Waals surface area contributed by atoms with Crippen molar-refractivity contribution < 1.29 is 0 Å². The monoisotopic (exact) mass is 598 g/mol. The highest BCUT2D eigenvalue weighted by molar-refractivity contribution is 9.11. The van der Waals surface area contributed by atoms with E-state index in [0.29, 0.717) is 0 Å². The van der Waals surface area contributed by atoms with E-state index >= 15 is 0 Å². The maximum Gasteiger partial charge on any atom is 0.0503 e. The van der Waals surface area contributed by atoms with Gasteiger partial charge in [0.1, 0.15) is 0 Å². The normalized spacial score (nSPS) is 11.8. The van der Waals surface area contributed by atoms with Crippen molar-refractivity contribution in [3.63, 3.8) is 0 Å². The molecule has 7 aromatic rings. The number of hydrogen-bond acceptors (Lipinski definition) is 2. The van der Waals surface area contributed by atoms with Crippen LogP contribution < -0.4 is 0 Å². The zero-order valence-corrected chi connectivity index (χ0v) is 22.6. The predicted molar refractivity (Wildman–Crippen MR) is 158 cm³/mol. The lowest BCUT2D eigenvalue weighted by Crippen LogP contribution is -1.80. The Morgan fingerprint density at radius 3 is 1.97 bits per heavy atom. The molecular formula is C30H16Br2S2. The van der Waals surface area contributed by atoms with E-state index in [1.165, 1.54) is 67.1 Å². The van der Waals surface area contributed by atoms with Gasteiger partial charge < -0.3 is 0 Å². The van der Waals surface area contributed by atoms with Gasteiger partial charge in [0.25, 0.3) is 0 Å². The molecule has 4 heteroatoms. The highest BCUT2D eigenvalue weighted by atomic mass is 79.9. The number of hydrogen-bond donors (Lipinski definition) is 0. The molecule has 0 saturated carbocycles. The SMILES string of the molecule is Brc1c(-c2cccc3c(Br)cccc23)sc2ccc(-c3ccc4sc5ccccc5c4c3)cc12. The summed E-state index contributed by atoms with van der Waals surface area (Å²) in [6.07, 6.45) is 0. The second-order valence-electron chi connectivity index (χ2n) is 8.41. The van der Waals surface area contributed by atoms with E-state index in [1.54, 1.807) is 0 Å². The van der Waals surface area contributed by atoms with Crippen LogP contribution in [0.25, 0.3) is 62.6 Å². The maximum absolute atomic E-state index is 3.97. The summed E-state index contributed by atoms with van der Waals surface area (Å²) in [5.41, 5.74) is 3.77. The van der Waals surface area contributed by atoms with E-state index in [4.69, 9.17) is 0 Å². The van der Waals surface area contributed by atoms with Crippen LogP contribution in [0.1, 0.15) is 0 Å². The van der Waals surface area contributed by atoms with Crippen molar-refractivity contribution >= 4 is 95.6 Å². The van der Waals surface area contributed by atoms with Crippen LogP contribution in [0.3, 0.4) is 0 Å². The molecule has 5 aromatic carbocycles. The van der Waals surface area contributed by atoms with Crippen LogP contribution in [-0.2, 0) is 0 Å². The van der Waals surface area contributed by atoms with Gasteiger partial charge in [0.2, 0.25) is 0 Å². The van der Waals surface area contributed by atoms with Crippen molar-refractivity contribution in [3.05, 3.63) is 106 Å². The molecule has 0 bridgehead atoms. The van der Waals surface area contributed by atoms with Crippen molar-refractivity contribution in [2.75, 3.05) is 0 Å². The average molecular weight is 600 g/mol. The summed E-state index contributed by atoms with van der Waals surface area (Å²) in [5, 5.41) is 6.44. The molecule has 0 aliphatic rings. The number of halogens is 2. The molecule has 0 aliphatic carbocycles. The quantitative estimate of drug-likeness (QED) is 0.185.